The molecule has 2 fully saturated rings. The molecule has 10 heteroatoms. The number of hydrogen-bond donors (Lipinski definition) is 1. The highest BCUT2D eigenvalue weighted by atomic mass is 35.5. The molecule has 2 saturated heterocycles. The van der Waals surface area contributed by atoms with Gasteiger partial charge in [-0.15, -0.1) is 12.4 Å². The van der Waals surface area contributed by atoms with Crippen LogP contribution in [0.4, 0.5) is 26.3 Å². The number of halogens is 7. The Labute approximate surface area is 152 Å². The monoisotopic (exact) mass is 402 g/mol. The van der Waals surface area contributed by atoms with E-state index < -0.39 is 35.0 Å². The van der Waals surface area contributed by atoms with Crippen molar-refractivity contribution in [2.24, 2.45) is 0 Å². The SMILES string of the molecule is Cl.O=C(c1cc(C(F)(F)F)cc(C(F)(F)F)c1)N1C2CCNCC1CC2. The van der Waals surface area contributed by atoms with Crippen molar-refractivity contribution in [1.82, 2.24) is 10.2 Å². The summed E-state index contributed by atoms with van der Waals surface area (Å²) in [5.74, 6) is -0.771. The molecule has 0 aliphatic carbocycles. The van der Waals surface area contributed by atoms with Crippen molar-refractivity contribution in [3.8, 4) is 0 Å². The third-order valence-electron chi connectivity index (χ3n) is 4.72. The molecule has 2 atom stereocenters. The van der Waals surface area contributed by atoms with Gasteiger partial charge in [0.15, 0.2) is 0 Å². The van der Waals surface area contributed by atoms with E-state index in [0.717, 1.165) is 0 Å². The van der Waals surface area contributed by atoms with Gasteiger partial charge in [0.1, 0.15) is 0 Å². The van der Waals surface area contributed by atoms with Crippen LogP contribution in [-0.4, -0.2) is 36.0 Å². The summed E-state index contributed by atoms with van der Waals surface area (Å²) in [5, 5.41) is 3.13. The van der Waals surface area contributed by atoms with Crippen molar-refractivity contribution in [2.45, 2.75) is 43.7 Å². The van der Waals surface area contributed by atoms with Gasteiger partial charge in [0.2, 0.25) is 0 Å². The van der Waals surface area contributed by atoms with Crippen LogP contribution in [0.1, 0.15) is 40.7 Å². The maximum atomic E-state index is 13.0. The quantitative estimate of drug-likeness (QED) is 0.717. The largest absolute Gasteiger partial charge is 0.416 e. The molecule has 0 saturated carbocycles. The predicted octanol–water partition coefficient (Wildman–Crippen LogP) is 4.11. The van der Waals surface area contributed by atoms with Gasteiger partial charge in [-0.05, 0) is 44.0 Å². The molecule has 1 aromatic rings. The molecule has 1 N–H and O–H groups in total. The molecule has 2 bridgehead atoms. The number of amides is 1. The molecule has 0 aromatic heterocycles. The second-order valence-electron chi connectivity index (χ2n) is 6.38. The van der Waals surface area contributed by atoms with Gasteiger partial charge in [-0.3, -0.25) is 4.79 Å². The van der Waals surface area contributed by atoms with Crippen LogP contribution in [0.15, 0.2) is 18.2 Å². The lowest BCUT2D eigenvalue weighted by molar-refractivity contribution is -0.143. The van der Waals surface area contributed by atoms with Crippen molar-refractivity contribution >= 4 is 18.3 Å². The topological polar surface area (TPSA) is 32.3 Å². The molecule has 26 heavy (non-hydrogen) atoms. The van der Waals surface area contributed by atoms with Crippen molar-refractivity contribution in [2.75, 3.05) is 13.1 Å². The molecule has 2 aliphatic rings. The number of hydrogen-bond acceptors (Lipinski definition) is 2. The highest BCUT2D eigenvalue weighted by molar-refractivity contribution is 5.95. The minimum Gasteiger partial charge on any atom is -0.331 e. The minimum atomic E-state index is -4.96. The molecule has 2 aliphatic heterocycles. The lowest BCUT2D eigenvalue weighted by Gasteiger charge is -2.28. The van der Waals surface area contributed by atoms with E-state index >= 15 is 0 Å². The van der Waals surface area contributed by atoms with E-state index in [-0.39, 0.29) is 30.6 Å². The Hall–Kier alpha value is -1.48. The first kappa shape index (κ1) is 20.8. The molecule has 0 radical (unpaired) electrons. The van der Waals surface area contributed by atoms with E-state index in [1.165, 1.54) is 4.90 Å². The molecule has 0 spiro atoms. The fourth-order valence-corrected chi connectivity index (χ4v) is 3.54. The molecule has 146 valence electrons. The third-order valence-corrected chi connectivity index (χ3v) is 4.72. The van der Waals surface area contributed by atoms with Crippen LogP contribution in [0, 0.1) is 0 Å². The third kappa shape index (κ3) is 4.09. The molecular weight excluding hydrogens is 386 g/mol. The molecule has 3 nitrogen and oxygen atoms in total. The number of benzene rings is 1. The number of alkyl halides is 6. The zero-order valence-corrected chi connectivity index (χ0v) is 14.3. The van der Waals surface area contributed by atoms with Gasteiger partial charge < -0.3 is 10.2 Å². The standard InChI is InChI=1S/C16H16F6N2O.ClH/c17-15(18,19)10-5-9(6-11(7-10)16(20,21)22)14(25)24-12-1-2-13(24)8-23-4-3-12;/h5-7,12-13,23H,1-4,8H2;1H. The van der Waals surface area contributed by atoms with Crippen LogP contribution in [0.3, 0.4) is 0 Å². The summed E-state index contributed by atoms with van der Waals surface area (Å²) < 4.78 is 77.8. The fraction of sp³-hybridized carbons (Fsp3) is 0.562. The average Bonchev–Trinajstić information content (AvgIpc) is 2.77. The molecule has 3 rings (SSSR count). The highest BCUT2D eigenvalue weighted by Crippen LogP contribution is 2.37. The van der Waals surface area contributed by atoms with Crippen LogP contribution >= 0.6 is 12.4 Å². The Balaban J connectivity index is 0.00000243. The normalized spacial score (nSPS) is 23.4. The lowest BCUT2D eigenvalue weighted by atomic mass is 10.0. The van der Waals surface area contributed by atoms with E-state index in [9.17, 15) is 31.1 Å². The first-order valence-electron chi connectivity index (χ1n) is 7.90. The minimum absolute atomic E-state index is 0. The van der Waals surface area contributed by atoms with E-state index in [1.54, 1.807) is 0 Å². The number of fused-ring (bicyclic) bond motifs is 2. The number of nitrogens with one attached hydrogen (secondary N) is 1. The summed E-state index contributed by atoms with van der Waals surface area (Å²) in [5.41, 5.74) is -3.50. The summed E-state index contributed by atoms with van der Waals surface area (Å²) in [6.07, 6.45) is -7.89. The number of carbonyl (C=O) groups is 1. The van der Waals surface area contributed by atoms with Crippen molar-refractivity contribution in [1.29, 1.82) is 0 Å². The van der Waals surface area contributed by atoms with Crippen LogP contribution in [0.25, 0.3) is 0 Å². The fourth-order valence-electron chi connectivity index (χ4n) is 3.54. The first-order chi connectivity index (χ1) is 11.6. The first-order valence-corrected chi connectivity index (χ1v) is 7.90. The number of rotatable bonds is 1. The van der Waals surface area contributed by atoms with E-state index in [4.69, 9.17) is 0 Å². The second-order valence-corrected chi connectivity index (χ2v) is 6.38. The predicted molar refractivity (Wildman–Crippen MR) is 84.2 cm³/mol. The zero-order chi connectivity index (χ0) is 18.4. The molecule has 2 heterocycles. The van der Waals surface area contributed by atoms with Gasteiger partial charge in [0, 0.05) is 24.2 Å². The number of carbonyl (C=O) groups excluding carboxylic acids is 1. The molecule has 1 aromatic carbocycles. The Kier molecular flexibility index (Phi) is 5.82. The van der Waals surface area contributed by atoms with Crippen LogP contribution in [-0.2, 0) is 12.4 Å². The van der Waals surface area contributed by atoms with Gasteiger partial charge in [-0.25, -0.2) is 0 Å². The van der Waals surface area contributed by atoms with Crippen molar-refractivity contribution in [3.05, 3.63) is 34.9 Å². The summed E-state index contributed by atoms with van der Waals surface area (Å²) >= 11 is 0. The smallest absolute Gasteiger partial charge is 0.331 e. The van der Waals surface area contributed by atoms with E-state index in [1.807, 2.05) is 0 Å². The maximum absolute atomic E-state index is 13.0. The summed E-state index contributed by atoms with van der Waals surface area (Å²) in [6, 6.07) is 0.695. The zero-order valence-electron chi connectivity index (χ0n) is 13.5. The lowest BCUT2D eigenvalue weighted by Crippen LogP contribution is -2.42. The maximum Gasteiger partial charge on any atom is 0.416 e. The average molecular weight is 403 g/mol. The van der Waals surface area contributed by atoms with Crippen molar-refractivity contribution < 1.29 is 31.1 Å². The second kappa shape index (κ2) is 7.26. The van der Waals surface area contributed by atoms with Crippen LogP contribution < -0.4 is 5.32 Å². The van der Waals surface area contributed by atoms with E-state index in [0.29, 0.717) is 44.5 Å². The summed E-state index contributed by atoms with van der Waals surface area (Å²) in [7, 11) is 0. The van der Waals surface area contributed by atoms with Gasteiger partial charge >= 0.3 is 12.4 Å². The van der Waals surface area contributed by atoms with Crippen LogP contribution in [0.5, 0.6) is 0 Å². The highest BCUT2D eigenvalue weighted by Gasteiger charge is 2.41. The van der Waals surface area contributed by atoms with Gasteiger partial charge in [-0.1, -0.05) is 0 Å². The van der Waals surface area contributed by atoms with E-state index in [2.05, 4.69) is 5.32 Å². The Morgan fingerprint density at radius 1 is 0.923 bits per heavy atom. The molecule has 1 amide bonds. The molecular formula is C16H17ClF6N2O. The Morgan fingerprint density at radius 3 is 2.00 bits per heavy atom. The van der Waals surface area contributed by atoms with Gasteiger partial charge in [0.25, 0.3) is 5.91 Å². The van der Waals surface area contributed by atoms with Crippen LogP contribution in [0.2, 0.25) is 0 Å². The Bertz CT molecular complexity index is 629. The van der Waals surface area contributed by atoms with Gasteiger partial charge in [-0.2, -0.15) is 26.3 Å². The van der Waals surface area contributed by atoms with Crippen molar-refractivity contribution in [3.63, 3.8) is 0 Å². The summed E-state index contributed by atoms with van der Waals surface area (Å²) in [4.78, 5) is 14.2. The number of nitrogens with zero attached hydrogens (tertiary/aromatic N) is 1. The summed E-state index contributed by atoms with van der Waals surface area (Å²) in [6.45, 7) is 1.16. The van der Waals surface area contributed by atoms with Gasteiger partial charge in [0.05, 0.1) is 11.1 Å². The molecule has 2 unspecified atom stereocenters. The Morgan fingerprint density at radius 2 is 1.46 bits per heavy atom.